The number of rotatable bonds is 4. The first kappa shape index (κ1) is 15.0. The number of methoxy groups -OCH3 is 1. The van der Waals surface area contributed by atoms with Crippen molar-refractivity contribution in [3.05, 3.63) is 57.6 Å². The van der Waals surface area contributed by atoms with Gasteiger partial charge in [-0.3, -0.25) is 0 Å². The molecule has 1 N–H and O–H groups in total. The van der Waals surface area contributed by atoms with Crippen LogP contribution in [-0.4, -0.2) is 7.11 Å². The molecule has 0 aromatic heterocycles. The minimum absolute atomic E-state index is 0.0257. The maximum Gasteiger partial charge on any atom is 0.142 e. The molecule has 0 fully saturated rings. The van der Waals surface area contributed by atoms with Gasteiger partial charge in [0.25, 0.3) is 0 Å². The van der Waals surface area contributed by atoms with E-state index >= 15 is 0 Å². The average molecular weight is 310 g/mol. The number of aryl methyl sites for hydroxylation is 1. The van der Waals surface area contributed by atoms with E-state index in [0.29, 0.717) is 10.0 Å². The first-order chi connectivity index (χ1) is 9.51. The summed E-state index contributed by atoms with van der Waals surface area (Å²) in [5, 5.41) is 4.77. The molecule has 0 bridgehead atoms. The van der Waals surface area contributed by atoms with Gasteiger partial charge >= 0.3 is 0 Å². The lowest BCUT2D eigenvalue weighted by atomic mass is 10.1. The van der Waals surface area contributed by atoms with E-state index < -0.39 is 0 Å². The zero-order valence-corrected chi connectivity index (χ0v) is 13.2. The van der Waals surface area contributed by atoms with E-state index in [1.54, 1.807) is 13.2 Å². The predicted octanol–water partition coefficient (Wildman–Crippen LogP) is 5.48. The summed E-state index contributed by atoms with van der Waals surface area (Å²) in [7, 11) is 1.66. The van der Waals surface area contributed by atoms with Crippen LogP contribution in [0, 0.1) is 6.92 Å². The minimum Gasteiger partial charge on any atom is -0.495 e. The number of benzene rings is 2. The third-order valence-corrected chi connectivity index (χ3v) is 3.73. The quantitative estimate of drug-likeness (QED) is 0.807. The van der Waals surface area contributed by atoms with E-state index in [1.807, 2.05) is 44.2 Å². The van der Waals surface area contributed by atoms with Crippen LogP contribution in [0.5, 0.6) is 5.75 Å². The molecule has 20 heavy (non-hydrogen) atoms. The monoisotopic (exact) mass is 309 g/mol. The standard InChI is InChI=1S/C16H17Cl2NO/c1-10-4-7-15(16(8-10)20-3)19-11(2)13-9-12(17)5-6-14(13)18/h4-9,11,19H,1-3H3. The molecule has 0 heterocycles. The molecule has 0 saturated carbocycles. The molecule has 0 aliphatic rings. The summed E-state index contributed by atoms with van der Waals surface area (Å²) in [6, 6.07) is 11.5. The molecule has 2 aromatic carbocycles. The normalized spacial score (nSPS) is 12.1. The fraction of sp³-hybridized carbons (Fsp3) is 0.250. The molecule has 2 rings (SSSR count). The van der Waals surface area contributed by atoms with E-state index in [1.165, 1.54) is 0 Å². The first-order valence-electron chi connectivity index (χ1n) is 6.37. The lowest BCUT2D eigenvalue weighted by molar-refractivity contribution is 0.416. The molecule has 0 aliphatic carbocycles. The van der Waals surface area contributed by atoms with Gasteiger partial charge in [-0.2, -0.15) is 0 Å². The molecule has 1 atom stereocenters. The van der Waals surface area contributed by atoms with Crippen molar-refractivity contribution < 1.29 is 4.74 Å². The van der Waals surface area contributed by atoms with Crippen molar-refractivity contribution >= 4 is 28.9 Å². The number of nitrogens with one attached hydrogen (secondary N) is 1. The van der Waals surface area contributed by atoms with Crippen molar-refractivity contribution in [2.24, 2.45) is 0 Å². The summed E-state index contributed by atoms with van der Waals surface area (Å²) >= 11 is 12.3. The van der Waals surface area contributed by atoms with Crippen LogP contribution in [0.2, 0.25) is 10.0 Å². The van der Waals surface area contributed by atoms with Crippen molar-refractivity contribution in [3.63, 3.8) is 0 Å². The summed E-state index contributed by atoms with van der Waals surface area (Å²) in [6.45, 7) is 4.07. The van der Waals surface area contributed by atoms with Crippen molar-refractivity contribution in [1.82, 2.24) is 0 Å². The maximum atomic E-state index is 6.23. The van der Waals surface area contributed by atoms with Gasteiger partial charge in [0.05, 0.1) is 18.8 Å². The molecular formula is C16H17Cl2NO. The maximum absolute atomic E-state index is 6.23. The number of hydrogen-bond acceptors (Lipinski definition) is 2. The van der Waals surface area contributed by atoms with Crippen molar-refractivity contribution in [3.8, 4) is 5.75 Å². The fourth-order valence-corrected chi connectivity index (χ4v) is 2.54. The highest BCUT2D eigenvalue weighted by Crippen LogP contribution is 2.32. The Kier molecular flexibility index (Phi) is 4.79. The van der Waals surface area contributed by atoms with E-state index in [-0.39, 0.29) is 6.04 Å². The van der Waals surface area contributed by atoms with E-state index in [9.17, 15) is 0 Å². The van der Waals surface area contributed by atoms with Gasteiger partial charge in [-0.25, -0.2) is 0 Å². The highest BCUT2D eigenvalue weighted by Gasteiger charge is 2.12. The van der Waals surface area contributed by atoms with Crippen LogP contribution in [0.3, 0.4) is 0 Å². The molecule has 2 aromatic rings. The molecule has 0 aliphatic heterocycles. The SMILES string of the molecule is COc1cc(C)ccc1NC(C)c1cc(Cl)ccc1Cl. The van der Waals surface area contributed by atoms with E-state index in [2.05, 4.69) is 5.32 Å². The second-order valence-electron chi connectivity index (χ2n) is 4.74. The lowest BCUT2D eigenvalue weighted by Gasteiger charge is -2.19. The largest absolute Gasteiger partial charge is 0.495 e. The number of halogens is 2. The van der Waals surface area contributed by atoms with Gasteiger partial charge in [-0.1, -0.05) is 29.3 Å². The van der Waals surface area contributed by atoms with Crippen LogP contribution in [-0.2, 0) is 0 Å². The van der Waals surface area contributed by atoms with Crippen LogP contribution in [0.25, 0.3) is 0 Å². The first-order valence-corrected chi connectivity index (χ1v) is 7.13. The Hall–Kier alpha value is -1.38. The van der Waals surface area contributed by atoms with Gasteiger partial charge in [0.1, 0.15) is 5.75 Å². The predicted molar refractivity (Wildman–Crippen MR) is 86.2 cm³/mol. The van der Waals surface area contributed by atoms with Gasteiger partial charge in [0, 0.05) is 10.0 Å². The minimum atomic E-state index is 0.0257. The number of ether oxygens (including phenoxy) is 1. The average Bonchev–Trinajstić information content (AvgIpc) is 2.43. The van der Waals surface area contributed by atoms with Crippen LogP contribution in [0.1, 0.15) is 24.1 Å². The molecule has 2 nitrogen and oxygen atoms in total. The molecule has 4 heteroatoms. The molecule has 0 spiro atoms. The Labute approximate surface area is 129 Å². The van der Waals surface area contributed by atoms with Gasteiger partial charge in [0.2, 0.25) is 0 Å². The Balaban J connectivity index is 2.27. The van der Waals surface area contributed by atoms with E-state index in [4.69, 9.17) is 27.9 Å². The molecule has 1 unspecified atom stereocenters. The summed E-state index contributed by atoms with van der Waals surface area (Å²) in [6.07, 6.45) is 0. The molecule has 0 saturated heterocycles. The third kappa shape index (κ3) is 3.38. The zero-order chi connectivity index (χ0) is 14.7. The second kappa shape index (κ2) is 6.38. The van der Waals surface area contributed by atoms with Crippen LogP contribution in [0.4, 0.5) is 5.69 Å². The van der Waals surface area contributed by atoms with Crippen molar-refractivity contribution in [2.45, 2.75) is 19.9 Å². The second-order valence-corrected chi connectivity index (χ2v) is 5.58. The Morgan fingerprint density at radius 1 is 1.10 bits per heavy atom. The van der Waals surface area contributed by atoms with Gasteiger partial charge in [-0.15, -0.1) is 0 Å². The fourth-order valence-electron chi connectivity index (χ4n) is 2.08. The molecule has 0 radical (unpaired) electrons. The number of anilines is 1. The summed E-state index contributed by atoms with van der Waals surface area (Å²) in [5.41, 5.74) is 3.05. The Morgan fingerprint density at radius 2 is 1.85 bits per heavy atom. The topological polar surface area (TPSA) is 21.3 Å². The Bertz CT molecular complexity index is 613. The van der Waals surface area contributed by atoms with Gasteiger partial charge in [-0.05, 0) is 55.3 Å². The zero-order valence-electron chi connectivity index (χ0n) is 11.7. The van der Waals surface area contributed by atoms with Gasteiger partial charge < -0.3 is 10.1 Å². The third-order valence-electron chi connectivity index (χ3n) is 3.15. The van der Waals surface area contributed by atoms with Crippen LogP contribution in [0.15, 0.2) is 36.4 Å². The summed E-state index contributed by atoms with van der Waals surface area (Å²) in [4.78, 5) is 0. The summed E-state index contributed by atoms with van der Waals surface area (Å²) in [5.74, 6) is 0.815. The van der Waals surface area contributed by atoms with E-state index in [0.717, 1.165) is 22.6 Å². The lowest BCUT2D eigenvalue weighted by Crippen LogP contribution is -2.08. The molecular weight excluding hydrogens is 293 g/mol. The van der Waals surface area contributed by atoms with Crippen molar-refractivity contribution in [2.75, 3.05) is 12.4 Å². The smallest absolute Gasteiger partial charge is 0.142 e. The van der Waals surface area contributed by atoms with Crippen molar-refractivity contribution in [1.29, 1.82) is 0 Å². The molecule has 0 amide bonds. The number of hydrogen-bond donors (Lipinski definition) is 1. The van der Waals surface area contributed by atoms with Crippen LogP contribution >= 0.6 is 23.2 Å². The Morgan fingerprint density at radius 3 is 2.55 bits per heavy atom. The van der Waals surface area contributed by atoms with Crippen LogP contribution < -0.4 is 10.1 Å². The summed E-state index contributed by atoms with van der Waals surface area (Å²) < 4.78 is 5.40. The highest BCUT2D eigenvalue weighted by molar-refractivity contribution is 6.33. The van der Waals surface area contributed by atoms with Gasteiger partial charge in [0.15, 0.2) is 0 Å². The highest BCUT2D eigenvalue weighted by atomic mass is 35.5. The molecule has 106 valence electrons.